The zero-order chi connectivity index (χ0) is 24.3. The number of esters is 1. The third-order valence-electron chi connectivity index (χ3n) is 4.71. The first-order valence-corrected chi connectivity index (χ1v) is 13.0. The average molecular weight is 527 g/mol. The molecule has 4 rings (SSSR count). The number of nitro groups is 1. The molecule has 1 N–H and O–H groups in total. The SMILES string of the molecule is O=C(COC(=O)Cc1ccc(S(=O)(=O)N2CCOCC2)s1)Nc1nc2ccc([N+](=O)[O-])cc2s1. The summed E-state index contributed by atoms with van der Waals surface area (Å²) in [5.74, 6) is -1.31. The first kappa shape index (κ1) is 24.2. The Morgan fingerprint density at radius 2 is 1.97 bits per heavy atom. The van der Waals surface area contributed by atoms with E-state index in [1.165, 1.54) is 28.6 Å². The summed E-state index contributed by atoms with van der Waals surface area (Å²) in [5, 5.41) is 13.6. The van der Waals surface area contributed by atoms with Crippen molar-refractivity contribution in [2.45, 2.75) is 10.6 Å². The van der Waals surface area contributed by atoms with Gasteiger partial charge in [0.2, 0.25) is 0 Å². The van der Waals surface area contributed by atoms with Gasteiger partial charge in [0.25, 0.3) is 21.6 Å². The Hall–Kier alpha value is -2.98. The number of nitro benzene ring substituents is 1. The highest BCUT2D eigenvalue weighted by Gasteiger charge is 2.28. The average Bonchev–Trinajstić information content (AvgIpc) is 3.44. The molecule has 0 radical (unpaired) electrons. The van der Waals surface area contributed by atoms with E-state index in [1.54, 1.807) is 6.07 Å². The van der Waals surface area contributed by atoms with Crippen LogP contribution >= 0.6 is 22.7 Å². The Labute approximate surface area is 201 Å². The van der Waals surface area contributed by atoms with Gasteiger partial charge in [0.1, 0.15) is 4.21 Å². The van der Waals surface area contributed by atoms with Gasteiger partial charge in [-0.15, -0.1) is 11.3 Å². The normalized spacial score (nSPS) is 14.7. The molecule has 0 unspecified atom stereocenters. The molecule has 1 amide bonds. The number of thiophene rings is 1. The van der Waals surface area contributed by atoms with Gasteiger partial charge in [0.05, 0.1) is 34.8 Å². The van der Waals surface area contributed by atoms with E-state index in [0.717, 1.165) is 22.7 Å². The molecule has 0 spiro atoms. The smallest absolute Gasteiger partial charge is 0.311 e. The summed E-state index contributed by atoms with van der Waals surface area (Å²) in [6.45, 7) is 0.668. The van der Waals surface area contributed by atoms with Crippen molar-refractivity contribution in [2.75, 3.05) is 38.2 Å². The van der Waals surface area contributed by atoms with Gasteiger partial charge in [-0.25, -0.2) is 13.4 Å². The number of rotatable bonds is 8. The molecule has 34 heavy (non-hydrogen) atoms. The number of anilines is 1. The third kappa shape index (κ3) is 5.56. The van der Waals surface area contributed by atoms with Crippen LogP contribution in [0.5, 0.6) is 0 Å². The quantitative estimate of drug-likeness (QED) is 0.263. The van der Waals surface area contributed by atoms with Crippen molar-refractivity contribution in [3.05, 3.63) is 45.3 Å². The van der Waals surface area contributed by atoms with Crippen LogP contribution in [0.15, 0.2) is 34.5 Å². The number of ether oxygens (including phenoxy) is 2. The van der Waals surface area contributed by atoms with E-state index in [1.807, 2.05) is 0 Å². The molecule has 0 atom stereocenters. The van der Waals surface area contributed by atoms with Gasteiger partial charge in [-0.2, -0.15) is 4.31 Å². The minimum atomic E-state index is -3.64. The van der Waals surface area contributed by atoms with Crippen LogP contribution in [0.2, 0.25) is 0 Å². The minimum absolute atomic E-state index is 0.0857. The van der Waals surface area contributed by atoms with E-state index in [2.05, 4.69) is 10.3 Å². The van der Waals surface area contributed by atoms with Crippen molar-refractivity contribution < 1.29 is 32.4 Å². The van der Waals surface area contributed by atoms with Crippen molar-refractivity contribution in [1.29, 1.82) is 0 Å². The van der Waals surface area contributed by atoms with Crippen LogP contribution in [0.25, 0.3) is 10.2 Å². The van der Waals surface area contributed by atoms with Gasteiger partial charge in [-0.05, 0) is 18.2 Å². The first-order valence-electron chi connectivity index (χ1n) is 9.89. The molecule has 12 nitrogen and oxygen atoms in total. The number of carbonyl (C=O) groups is 2. The summed E-state index contributed by atoms with van der Waals surface area (Å²) in [7, 11) is -3.64. The van der Waals surface area contributed by atoms with Gasteiger partial charge in [0, 0.05) is 30.1 Å². The first-order chi connectivity index (χ1) is 16.2. The summed E-state index contributed by atoms with van der Waals surface area (Å²) in [5.41, 5.74) is 0.404. The fourth-order valence-electron chi connectivity index (χ4n) is 3.08. The molecule has 2 aromatic heterocycles. The fourth-order valence-corrected chi connectivity index (χ4v) is 6.90. The van der Waals surface area contributed by atoms with Gasteiger partial charge < -0.3 is 9.47 Å². The van der Waals surface area contributed by atoms with Crippen LogP contribution in [0.1, 0.15) is 4.88 Å². The van der Waals surface area contributed by atoms with Crippen LogP contribution in [0.4, 0.5) is 10.8 Å². The molecule has 3 heterocycles. The van der Waals surface area contributed by atoms with Gasteiger partial charge in [0.15, 0.2) is 11.7 Å². The highest BCUT2D eigenvalue weighted by Crippen LogP contribution is 2.29. The second-order valence-corrected chi connectivity index (χ2v) is 11.4. The summed E-state index contributed by atoms with van der Waals surface area (Å²) >= 11 is 2.03. The molecule has 180 valence electrons. The number of thiazole rings is 1. The van der Waals surface area contributed by atoms with Crippen LogP contribution in [-0.4, -0.2) is 67.4 Å². The van der Waals surface area contributed by atoms with E-state index < -0.39 is 33.4 Å². The van der Waals surface area contributed by atoms with Crippen LogP contribution in [0, 0.1) is 10.1 Å². The summed E-state index contributed by atoms with van der Waals surface area (Å²) in [6.07, 6.45) is -0.179. The fraction of sp³-hybridized carbons (Fsp3) is 0.316. The zero-order valence-electron chi connectivity index (χ0n) is 17.5. The largest absolute Gasteiger partial charge is 0.455 e. The number of hydrogen-bond donors (Lipinski definition) is 1. The molecule has 0 saturated carbocycles. The molecule has 1 aromatic carbocycles. The van der Waals surface area contributed by atoms with Gasteiger partial charge in [-0.3, -0.25) is 25.0 Å². The molecular formula is C19H18N4O8S3. The van der Waals surface area contributed by atoms with Crippen LogP contribution < -0.4 is 5.32 Å². The highest BCUT2D eigenvalue weighted by molar-refractivity contribution is 7.91. The zero-order valence-corrected chi connectivity index (χ0v) is 19.9. The van der Waals surface area contributed by atoms with Crippen molar-refractivity contribution in [3.8, 4) is 0 Å². The Bertz CT molecular complexity index is 1340. The number of amides is 1. The lowest BCUT2D eigenvalue weighted by Gasteiger charge is -2.25. The lowest BCUT2D eigenvalue weighted by atomic mass is 10.3. The molecule has 0 aliphatic carbocycles. The molecule has 1 aliphatic rings. The van der Waals surface area contributed by atoms with Gasteiger partial charge in [-0.1, -0.05) is 11.3 Å². The lowest BCUT2D eigenvalue weighted by Crippen LogP contribution is -2.40. The molecule has 1 fully saturated rings. The van der Waals surface area contributed by atoms with Crippen molar-refractivity contribution in [3.63, 3.8) is 0 Å². The maximum atomic E-state index is 12.7. The number of sulfonamides is 1. The summed E-state index contributed by atoms with van der Waals surface area (Å²) in [6, 6.07) is 7.14. The molecule has 1 saturated heterocycles. The number of fused-ring (bicyclic) bond motifs is 1. The maximum absolute atomic E-state index is 12.7. The lowest BCUT2D eigenvalue weighted by molar-refractivity contribution is -0.384. The second kappa shape index (κ2) is 10.1. The van der Waals surface area contributed by atoms with Crippen molar-refractivity contribution >= 4 is 65.6 Å². The summed E-state index contributed by atoms with van der Waals surface area (Å²) < 4.78 is 37.5. The van der Waals surface area contributed by atoms with Gasteiger partial charge >= 0.3 is 5.97 Å². The Balaban J connectivity index is 1.29. The minimum Gasteiger partial charge on any atom is -0.455 e. The van der Waals surface area contributed by atoms with E-state index in [0.29, 0.717) is 28.3 Å². The van der Waals surface area contributed by atoms with E-state index in [9.17, 15) is 28.1 Å². The topological polar surface area (TPSA) is 158 Å². The second-order valence-electron chi connectivity index (χ2n) is 7.05. The van der Waals surface area contributed by atoms with Crippen molar-refractivity contribution in [2.24, 2.45) is 0 Å². The number of benzene rings is 1. The number of carbonyl (C=O) groups excluding carboxylic acids is 2. The Kier molecular flexibility index (Phi) is 7.18. The number of hydrogen-bond acceptors (Lipinski definition) is 11. The van der Waals surface area contributed by atoms with E-state index in [-0.39, 0.29) is 34.5 Å². The molecule has 15 heteroatoms. The monoisotopic (exact) mass is 526 g/mol. The molecule has 1 aliphatic heterocycles. The van der Waals surface area contributed by atoms with E-state index in [4.69, 9.17) is 9.47 Å². The third-order valence-corrected chi connectivity index (χ3v) is 9.10. The predicted molar refractivity (Wildman–Crippen MR) is 123 cm³/mol. The standard InChI is InChI=1S/C19H18N4O8S3/c24-16(21-19-20-14-3-1-12(23(26)27)9-15(14)33-19)11-31-17(25)10-13-2-4-18(32-13)34(28,29)22-5-7-30-8-6-22/h1-4,9H,5-8,10-11H2,(H,20,21,24). The number of nitrogens with zero attached hydrogens (tertiary/aromatic N) is 3. The number of nitrogens with one attached hydrogen (secondary N) is 1. The van der Waals surface area contributed by atoms with E-state index >= 15 is 0 Å². The van der Waals surface area contributed by atoms with Crippen LogP contribution in [0.3, 0.4) is 0 Å². The Morgan fingerprint density at radius 1 is 1.21 bits per heavy atom. The molecular weight excluding hydrogens is 508 g/mol. The Morgan fingerprint density at radius 3 is 2.71 bits per heavy atom. The summed E-state index contributed by atoms with van der Waals surface area (Å²) in [4.78, 5) is 39.2. The highest BCUT2D eigenvalue weighted by atomic mass is 32.2. The number of aromatic nitrogens is 1. The maximum Gasteiger partial charge on any atom is 0.311 e. The number of morpholine rings is 1. The molecule has 0 bridgehead atoms. The molecule has 3 aromatic rings. The van der Waals surface area contributed by atoms with Crippen molar-refractivity contribution in [1.82, 2.24) is 9.29 Å². The predicted octanol–water partition coefficient (Wildman–Crippen LogP) is 2.01. The number of non-ortho nitro benzene ring substituents is 1. The van der Waals surface area contributed by atoms with Crippen LogP contribution in [-0.2, 0) is 35.5 Å².